The van der Waals surface area contributed by atoms with E-state index in [1.54, 1.807) is 34.5 Å². The Morgan fingerprint density at radius 2 is 1.67 bits per heavy atom. The lowest BCUT2D eigenvalue weighted by molar-refractivity contribution is -0.146. The number of allylic oxidation sites excluding steroid dienone is 2. The molecule has 1 unspecified atom stereocenters. The van der Waals surface area contributed by atoms with Gasteiger partial charge in [-0.15, -0.1) is 0 Å². The molecule has 1 aliphatic heterocycles. The zero-order valence-corrected chi connectivity index (χ0v) is 23.5. The van der Waals surface area contributed by atoms with E-state index in [0.717, 1.165) is 24.0 Å². The lowest BCUT2D eigenvalue weighted by Crippen LogP contribution is -2.38. The van der Waals surface area contributed by atoms with Crippen LogP contribution in [0.5, 0.6) is 23.0 Å². The van der Waals surface area contributed by atoms with Gasteiger partial charge in [0.2, 0.25) is 0 Å². The van der Waals surface area contributed by atoms with Gasteiger partial charge in [-0.25, -0.2) is 0 Å². The Balaban J connectivity index is 1.79. The third-order valence-corrected chi connectivity index (χ3v) is 7.54. The third kappa shape index (κ3) is 5.65. The molecule has 0 radical (unpaired) electrons. The Hall–Kier alpha value is -3.81. The number of Topliss-reactive ketones (excluding diaryl/α,β-unsaturated/α-hetero) is 1. The first-order valence-electron chi connectivity index (χ1n) is 13.3. The van der Waals surface area contributed by atoms with Crippen LogP contribution in [-0.4, -0.2) is 52.5 Å². The van der Waals surface area contributed by atoms with Gasteiger partial charge in [-0.1, -0.05) is 25.5 Å². The molecule has 39 heavy (non-hydrogen) atoms. The van der Waals surface area contributed by atoms with E-state index in [-0.39, 0.29) is 24.1 Å². The highest BCUT2D eigenvalue weighted by Gasteiger charge is 2.45. The number of rotatable bonds is 10. The van der Waals surface area contributed by atoms with Gasteiger partial charge in [0.05, 0.1) is 35.0 Å². The molecule has 3 atom stereocenters. The number of ketones is 1. The molecule has 208 valence electrons. The van der Waals surface area contributed by atoms with Crippen molar-refractivity contribution in [2.45, 2.75) is 51.4 Å². The molecular formula is C31H37NO7. The van der Waals surface area contributed by atoms with Crippen LogP contribution in [0.3, 0.4) is 0 Å². The Labute approximate surface area is 230 Å². The summed E-state index contributed by atoms with van der Waals surface area (Å²) in [6.07, 6.45) is 2.52. The molecule has 0 fully saturated rings. The van der Waals surface area contributed by atoms with Crippen LogP contribution in [0, 0.1) is 5.92 Å². The fourth-order valence-corrected chi connectivity index (χ4v) is 5.53. The van der Waals surface area contributed by atoms with Gasteiger partial charge in [-0.05, 0) is 49.4 Å². The number of nitrogens with zero attached hydrogens (tertiary/aromatic N) is 1. The monoisotopic (exact) mass is 535 g/mol. The van der Waals surface area contributed by atoms with Crippen molar-refractivity contribution in [2.75, 3.05) is 35.0 Å². The highest BCUT2D eigenvalue weighted by atomic mass is 16.5. The van der Waals surface area contributed by atoms with Crippen LogP contribution in [0.4, 0.5) is 0 Å². The van der Waals surface area contributed by atoms with E-state index in [0.29, 0.717) is 53.0 Å². The minimum Gasteiger partial charge on any atom is -0.497 e. The second-order valence-electron chi connectivity index (χ2n) is 9.84. The quantitative estimate of drug-likeness (QED) is 0.287. The Kier molecular flexibility index (Phi) is 8.94. The van der Waals surface area contributed by atoms with Gasteiger partial charge in [-0.2, -0.15) is 0 Å². The summed E-state index contributed by atoms with van der Waals surface area (Å²) >= 11 is 0. The Morgan fingerprint density at radius 3 is 2.33 bits per heavy atom. The molecule has 0 saturated heterocycles. The Morgan fingerprint density at radius 1 is 0.923 bits per heavy atom. The third-order valence-electron chi connectivity index (χ3n) is 7.54. The van der Waals surface area contributed by atoms with Gasteiger partial charge in [0, 0.05) is 41.0 Å². The van der Waals surface area contributed by atoms with Crippen LogP contribution in [0.25, 0.3) is 0 Å². The number of hydrogen-bond acceptors (Lipinski definition) is 8. The van der Waals surface area contributed by atoms with E-state index in [1.165, 1.54) is 0 Å². The van der Waals surface area contributed by atoms with E-state index < -0.39 is 11.8 Å². The normalized spacial score (nSPS) is 20.6. The molecule has 8 heteroatoms. The van der Waals surface area contributed by atoms with Gasteiger partial charge in [-0.3, -0.25) is 14.6 Å². The number of esters is 1. The van der Waals surface area contributed by atoms with Crippen LogP contribution < -0.4 is 18.9 Å². The number of methoxy groups -OCH3 is 4. The summed E-state index contributed by atoms with van der Waals surface area (Å²) in [5, 5.41) is 0. The number of benzene rings is 2. The van der Waals surface area contributed by atoms with Gasteiger partial charge in [0.1, 0.15) is 17.4 Å². The predicted octanol–water partition coefficient (Wildman–Crippen LogP) is 5.64. The van der Waals surface area contributed by atoms with E-state index >= 15 is 0 Å². The summed E-state index contributed by atoms with van der Waals surface area (Å²) in [5.74, 6) is 0.594. The van der Waals surface area contributed by atoms with Gasteiger partial charge >= 0.3 is 5.97 Å². The number of ether oxygens (including phenoxy) is 5. The number of unbranched alkanes of at least 4 members (excludes halogenated alkanes) is 1. The summed E-state index contributed by atoms with van der Waals surface area (Å²) in [7, 11) is 6.34. The zero-order valence-electron chi connectivity index (χ0n) is 23.5. The van der Waals surface area contributed by atoms with Crippen molar-refractivity contribution in [3.8, 4) is 23.0 Å². The highest BCUT2D eigenvalue weighted by molar-refractivity contribution is 6.09. The summed E-state index contributed by atoms with van der Waals surface area (Å²) in [6, 6.07) is 11.2. The van der Waals surface area contributed by atoms with Crippen molar-refractivity contribution in [1.29, 1.82) is 0 Å². The standard InChI is InChI=1S/C31H37NO7/c1-7-8-13-39-31(34)28-18(2)32-23-14-20(19-9-12-25(36-4)27(16-19)38-6)15-24(33)30(23)29(28)22-11-10-21(35-3)17-26(22)37-5/h9-12,16-17,20,28-29H,7-8,13-15H2,1-6H3/t20-,28?,29+/m1/s1. The lowest BCUT2D eigenvalue weighted by atomic mass is 9.69. The maximum Gasteiger partial charge on any atom is 0.315 e. The van der Waals surface area contributed by atoms with Crippen LogP contribution >= 0.6 is 0 Å². The van der Waals surface area contributed by atoms with E-state index in [4.69, 9.17) is 28.7 Å². The topological polar surface area (TPSA) is 92.7 Å². The lowest BCUT2D eigenvalue weighted by Gasteiger charge is -2.37. The maximum atomic E-state index is 13.9. The van der Waals surface area contributed by atoms with Crippen LogP contribution in [0.15, 0.2) is 52.7 Å². The molecule has 0 spiro atoms. The predicted molar refractivity (Wildman–Crippen MR) is 148 cm³/mol. The van der Waals surface area contributed by atoms with Gasteiger partial charge in [0.15, 0.2) is 17.3 Å². The largest absolute Gasteiger partial charge is 0.497 e. The van der Waals surface area contributed by atoms with E-state index in [9.17, 15) is 9.59 Å². The van der Waals surface area contributed by atoms with Crippen molar-refractivity contribution in [2.24, 2.45) is 10.9 Å². The van der Waals surface area contributed by atoms with Crippen LogP contribution in [-0.2, 0) is 14.3 Å². The molecule has 1 heterocycles. The molecule has 0 amide bonds. The SMILES string of the molecule is CCCCOC(=O)C1C(C)=NC2=C(C(=O)C[C@H](c3ccc(OC)c(OC)c3)C2)[C@H]1c1ccc(OC)cc1OC. The molecule has 2 aliphatic rings. The minimum absolute atomic E-state index is 0.0403. The van der Waals surface area contributed by atoms with E-state index in [2.05, 4.69) is 0 Å². The molecular weight excluding hydrogens is 498 g/mol. The highest BCUT2D eigenvalue weighted by Crippen LogP contribution is 2.49. The van der Waals surface area contributed by atoms with Crippen LogP contribution in [0.1, 0.15) is 62.5 Å². The second-order valence-corrected chi connectivity index (χ2v) is 9.84. The average Bonchev–Trinajstić information content (AvgIpc) is 2.95. The fraction of sp³-hybridized carbons (Fsp3) is 0.452. The average molecular weight is 536 g/mol. The molecule has 8 nitrogen and oxygen atoms in total. The summed E-state index contributed by atoms with van der Waals surface area (Å²) in [5.41, 5.74) is 3.58. The molecule has 2 aromatic carbocycles. The minimum atomic E-state index is -0.732. The Bertz CT molecular complexity index is 1300. The summed E-state index contributed by atoms with van der Waals surface area (Å²) in [4.78, 5) is 32.2. The number of hydrogen-bond donors (Lipinski definition) is 0. The van der Waals surface area contributed by atoms with Crippen molar-refractivity contribution in [3.05, 3.63) is 58.8 Å². The first-order chi connectivity index (χ1) is 18.9. The smallest absolute Gasteiger partial charge is 0.315 e. The number of carbonyl (C=O) groups excluding carboxylic acids is 2. The van der Waals surface area contributed by atoms with Crippen molar-refractivity contribution >= 4 is 17.5 Å². The molecule has 0 saturated carbocycles. The fourth-order valence-electron chi connectivity index (χ4n) is 5.53. The van der Waals surface area contributed by atoms with Gasteiger partial charge in [0.25, 0.3) is 0 Å². The first-order valence-corrected chi connectivity index (χ1v) is 13.3. The first kappa shape index (κ1) is 28.2. The molecule has 1 aliphatic carbocycles. The molecule has 2 aromatic rings. The van der Waals surface area contributed by atoms with Gasteiger partial charge < -0.3 is 23.7 Å². The van der Waals surface area contributed by atoms with Crippen molar-refractivity contribution in [3.63, 3.8) is 0 Å². The summed E-state index contributed by atoms with van der Waals surface area (Å²) < 4.78 is 27.7. The van der Waals surface area contributed by atoms with Crippen LogP contribution in [0.2, 0.25) is 0 Å². The number of aliphatic imine (C=N–C) groups is 1. The van der Waals surface area contributed by atoms with Crippen molar-refractivity contribution in [1.82, 2.24) is 0 Å². The molecule has 0 N–H and O–H groups in total. The van der Waals surface area contributed by atoms with E-state index in [1.807, 2.05) is 44.2 Å². The molecule has 0 aromatic heterocycles. The summed E-state index contributed by atoms with van der Waals surface area (Å²) in [6.45, 7) is 4.20. The number of carbonyl (C=O) groups is 2. The molecule has 4 rings (SSSR count). The molecule has 0 bridgehead atoms. The second kappa shape index (κ2) is 12.4. The maximum absolute atomic E-state index is 13.9. The zero-order chi connectivity index (χ0) is 28.1. The van der Waals surface area contributed by atoms with Crippen molar-refractivity contribution < 1.29 is 33.3 Å².